The van der Waals surface area contributed by atoms with Crippen LogP contribution in [-0.2, 0) is 4.79 Å². The molecule has 1 fully saturated rings. The maximum Gasteiger partial charge on any atom is 0.219 e. The highest BCUT2D eigenvalue weighted by molar-refractivity contribution is 5.75. The van der Waals surface area contributed by atoms with Gasteiger partial charge in [-0.05, 0) is 32.1 Å². The summed E-state index contributed by atoms with van der Waals surface area (Å²) in [5.74, 6) is 1.02. The molecule has 0 aliphatic heterocycles. The van der Waals surface area contributed by atoms with E-state index >= 15 is 0 Å². The second-order valence-electron chi connectivity index (χ2n) is 5.03. The van der Waals surface area contributed by atoms with Gasteiger partial charge >= 0.3 is 0 Å². The van der Waals surface area contributed by atoms with Crippen LogP contribution < -0.4 is 5.32 Å². The van der Waals surface area contributed by atoms with Crippen LogP contribution in [0.2, 0.25) is 0 Å². The highest BCUT2D eigenvalue weighted by Crippen LogP contribution is 2.28. The van der Waals surface area contributed by atoms with Crippen molar-refractivity contribution in [3.05, 3.63) is 0 Å². The standard InChI is InChI=1S/C13H25NO2/c1-11(15)9-10-14-13(16)8-4-7-12-5-2-3-6-12/h11-12,15H,2-10H2,1H3,(H,14,16). The van der Waals surface area contributed by atoms with E-state index in [1.54, 1.807) is 6.92 Å². The topological polar surface area (TPSA) is 49.3 Å². The molecule has 0 saturated heterocycles. The summed E-state index contributed by atoms with van der Waals surface area (Å²) in [4.78, 5) is 11.4. The zero-order valence-corrected chi connectivity index (χ0v) is 10.4. The summed E-state index contributed by atoms with van der Waals surface area (Å²) in [5.41, 5.74) is 0. The molecule has 0 radical (unpaired) electrons. The van der Waals surface area contributed by atoms with Crippen molar-refractivity contribution >= 4 is 5.91 Å². The Labute approximate surface area is 98.6 Å². The van der Waals surface area contributed by atoms with Crippen molar-refractivity contribution in [2.75, 3.05) is 6.54 Å². The number of amides is 1. The van der Waals surface area contributed by atoms with Crippen LogP contribution in [-0.4, -0.2) is 23.7 Å². The number of rotatable bonds is 7. The molecule has 1 atom stereocenters. The molecule has 1 saturated carbocycles. The van der Waals surface area contributed by atoms with Gasteiger partial charge in [0.25, 0.3) is 0 Å². The van der Waals surface area contributed by atoms with Gasteiger partial charge in [0.2, 0.25) is 5.91 Å². The van der Waals surface area contributed by atoms with E-state index in [1.807, 2.05) is 0 Å². The Morgan fingerprint density at radius 1 is 1.44 bits per heavy atom. The smallest absolute Gasteiger partial charge is 0.219 e. The lowest BCUT2D eigenvalue weighted by Crippen LogP contribution is -2.26. The number of aliphatic hydroxyl groups is 1. The van der Waals surface area contributed by atoms with Gasteiger partial charge in [-0.3, -0.25) is 4.79 Å². The van der Waals surface area contributed by atoms with E-state index in [4.69, 9.17) is 5.11 Å². The fourth-order valence-electron chi connectivity index (χ4n) is 2.36. The monoisotopic (exact) mass is 227 g/mol. The average Bonchev–Trinajstić information content (AvgIpc) is 2.70. The first-order valence-electron chi connectivity index (χ1n) is 6.63. The number of hydrogen-bond acceptors (Lipinski definition) is 2. The van der Waals surface area contributed by atoms with Gasteiger partial charge in [0, 0.05) is 13.0 Å². The third-order valence-corrected chi connectivity index (χ3v) is 3.38. The molecule has 3 heteroatoms. The highest BCUT2D eigenvalue weighted by atomic mass is 16.3. The molecule has 0 aromatic carbocycles. The van der Waals surface area contributed by atoms with Crippen LogP contribution in [0.5, 0.6) is 0 Å². The van der Waals surface area contributed by atoms with E-state index in [1.165, 1.54) is 32.1 Å². The van der Waals surface area contributed by atoms with Gasteiger partial charge < -0.3 is 10.4 Å². The predicted molar refractivity (Wildman–Crippen MR) is 65.1 cm³/mol. The number of carbonyl (C=O) groups excluding carboxylic acids is 1. The number of hydrogen-bond donors (Lipinski definition) is 2. The molecule has 0 aromatic heterocycles. The van der Waals surface area contributed by atoms with Crippen LogP contribution >= 0.6 is 0 Å². The summed E-state index contributed by atoms with van der Waals surface area (Å²) >= 11 is 0. The molecular formula is C13H25NO2. The van der Waals surface area contributed by atoms with E-state index in [-0.39, 0.29) is 12.0 Å². The fourth-order valence-corrected chi connectivity index (χ4v) is 2.36. The first-order chi connectivity index (χ1) is 7.68. The van der Waals surface area contributed by atoms with E-state index < -0.39 is 0 Å². The van der Waals surface area contributed by atoms with Gasteiger partial charge in [-0.25, -0.2) is 0 Å². The van der Waals surface area contributed by atoms with Gasteiger partial charge in [-0.2, -0.15) is 0 Å². The molecule has 2 N–H and O–H groups in total. The zero-order chi connectivity index (χ0) is 11.8. The third-order valence-electron chi connectivity index (χ3n) is 3.38. The van der Waals surface area contributed by atoms with Crippen molar-refractivity contribution in [1.82, 2.24) is 5.32 Å². The van der Waals surface area contributed by atoms with Crippen LogP contribution in [0.4, 0.5) is 0 Å². The summed E-state index contributed by atoms with van der Waals surface area (Å²) in [6.45, 7) is 2.34. The predicted octanol–water partition coefficient (Wildman–Crippen LogP) is 2.23. The highest BCUT2D eigenvalue weighted by Gasteiger charge is 2.14. The SMILES string of the molecule is CC(O)CCNC(=O)CCCC1CCCC1. The molecule has 1 aliphatic rings. The Morgan fingerprint density at radius 3 is 2.75 bits per heavy atom. The first-order valence-corrected chi connectivity index (χ1v) is 6.63. The molecule has 94 valence electrons. The van der Waals surface area contributed by atoms with Crippen molar-refractivity contribution in [1.29, 1.82) is 0 Å². The van der Waals surface area contributed by atoms with Crippen molar-refractivity contribution in [2.45, 2.75) is 64.4 Å². The Morgan fingerprint density at radius 2 is 2.12 bits per heavy atom. The van der Waals surface area contributed by atoms with Crippen LogP contribution in [0.1, 0.15) is 58.3 Å². The molecular weight excluding hydrogens is 202 g/mol. The third kappa shape index (κ3) is 6.11. The molecule has 1 unspecified atom stereocenters. The van der Waals surface area contributed by atoms with Crippen molar-refractivity contribution < 1.29 is 9.90 Å². The molecule has 16 heavy (non-hydrogen) atoms. The Kier molecular flexibility index (Phi) is 6.46. The first kappa shape index (κ1) is 13.5. The second kappa shape index (κ2) is 7.66. The largest absolute Gasteiger partial charge is 0.393 e. The Balaban J connectivity index is 1.93. The van der Waals surface area contributed by atoms with Crippen LogP contribution in [0.25, 0.3) is 0 Å². The van der Waals surface area contributed by atoms with Gasteiger partial charge in [-0.15, -0.1) is 0 Å². The van der Waals surface area contributed by atoms with E-state index in [0.29, 0.717) is 19.4 Å². The van der Waals surface area contributed by atoms with Crippen LogP contribution in [0.15, 0.2) is 0 Å². The summed E-state index contributed by atoms with van der Waals surface area (Å²) in [5, 5.41) is 11.9. The number of aliphatic hydroxyl groups excluding tert-OH is 1. The molecule has 1 aliphatic carbocycles. The van der Waals surface area contributed by atoms with Gasteiger partial charge in [0.05, 0.1) is 6.10 Å². The van der Waals surface area contributed by atoms with E-state index in [2.05, 4.69) is 5.32 Å². The maximum atomic E-state index is 11.4. The minimum absolute atomic E-state index is 0.138. The average molecular weight is 227 g/mol. The Bertz CT molecular complexity index is 198. The van der Waals surface area contributed by atoms with Gasteiger partial charge in [0.15, 0.2) is 0 Å². The molecule has 0 aromatic rings. The maximum absolute atomic E-state index is 11.4. The lowest BCUT2D eigenvalue weighted by atomic mass is 10.0. The number of nitrogens with one attached hydrogen (secondary N) is 1. The molecule has 3 nitrogen and oxygen atoms in total. The lowest BCUT2D eigenvalue weighted by molar-refractivity contribution is -0.121. The Hall–Kier alpha value is -0.570. The van der Waals surface area contributed by atoms with Gasteiger partial charge in [-0.1, -0.05) is 25.7 Å². The normalized spacial score (nSPS) is 18.6. The summed E-state index contributed by atoms with van der Waals surface area (Å²) in [7, 11) is 0. The quantitative estimate of drug-likeness (QED) is 0.700. The van der Waals surface area contributed by atoms with Crippen molar-refractivity contribution in [2.24, 2.45) is 5.92 Å². The van der Waals surface area contributed by atoms with Gasteiger partial charge in [0.1, 0.15) is 0 Å². The van der Waals surface area contributed by atoms with Crippen molar-refractivity contribution in [3.63, 3.8) is 0 Å². The lowest BCUT2D eigenvalue weighted by Gasteiger charge is -2.09. The van der Waals surface area contributed by atoms with E-state index in [0.717, 1.165) is 12.3 Å². The van der Waals surface area contributed by atoms with E-state index in [9.17, 15) is 4.79 Å². The van der Waals surface area contributed by atoms with Crippen molar-refractivity contribution in [3.8, 4) is 0 Å². The van der Waals surface area contributed by atoms with Crippen LogP contribution in [0, 0.1) is 5.92 Å². The molecule has 0 spiro atoms. The summed E-state index contributed by atoms with van der Waals surface area (Å²) in [6, 6.07) is 0. The zero-order valence-electron chi connectivity index (χ0n) is 10.4. The van der Waals surface area contributed by atoms with Crippen LogP contribution in [0.3, 0.4) is 0 Å². The minimum atomic E-state index is -0.321. The molecule has 1 amide bonds. The molecule has 1 rings (SSSR count). The summed E-state index contributed by atoms with van der Waals surface area (Å²) in [6.07, 6.45) is 8.70. The molecule has 0 bridgehead atoms. The summed E-state index contributed by atoms with van der Waals surface area (Å²) < 4.78 is 0. The number of carbonyl (C=O) groups is 1. The molecule has 0 heterocycles. The fraction of sp³-hybridized carbons (Fsp3) is 0.923. The minimum Gasteiger partial charge on any atom is -0.393 e. The second-order valence-corrected chi connectivity index (χ2v) is 5.03.